The minimum atomic E-state index is -0.460. The number of methoxy groups -OCH3 is 4. The third-order valence-corrected chi connectivity index (χ3v) is 7.69. The minimum absolute atomic E-state index is 0.0967. The van der Waals surface area contributed by atoms with Crippen LogP contribution in [0.4, 0.5) is 17.6 Å². The molecule has 4 aromatic carbocycles. The van der Waals surface area contributed by atoms with Crippen molar-refractivity contribution >= 4 is 0 Å². The van der Waals surface area contributed by atoms with Crippen molar-refractivity contribution in [3.63, 3.8) is 0 Å². The van der Waals surface area contributed by atoms with Gasteiger partial charge in [0.25, 0.3) is 0 Å². The minimum Gasteiger partial charge on any atom is -0.497 e. The van der Waals surface area contributed by atoms with Gasteiger partial charge in [-0.1, -0.05) is 73.6 Å². The molecule has 0 spiro atoms. The van der Waals surface area contributed by atoms with Gasteiger partial charge in [-0.25, -0.2) is 17.6 Å². The first kappa shape index (κ1) is 42.8. The van der Waals surface area contributed by atoms with E-state index < -0.39 is 11.6 Å². The standard InChI is InChI=1S/C11H16O2.C10H12F2.2C10H13FO/c1-8(2)9-5-6-10(12-3)11(7-9)13-4;1-6(2)8-4-9(11)7(3)10(12)5-8;1-7(2)9-5-4-8(12-3)6-10(9)11;1-7(2)9-5-4-8(11)6-10(9)12-3/h5-8H,1-4H3;4-6H,1-3H3;2*4-7H,1-3H3. The van der Waals surface area contributed by atoms with Gasteiger partial charge in [-0.05, 0) is 89.2 Å². The van der Waals surface area contributed by atoms with Crippen LogP contribution in [0.15, 0.2) is 66.7 Å². The van der Waals surface area contributed by atoms with E-state index in [1.807, 2.05) is 39.8 Å². The summed E-state index contributed by atoms with van der Waals surface area (Å²) >= 11 is 0. The van der Waals surface area contributed by atoms with E-state index in [9.17, 15) is 17.6 Å². The van der Waals surface area contributed by atoms with Gasteiger partial charge in [-0.15, -0.1) is 0 Å². The normalized spacial score (nSPS) is 10.5. The van der Waals surface area contributed by atoms with Gasteiger partial charge in [-0.3, -0.25) is 0 Å². The highest BCUT2D eigenvalue weighted by molar-refractivity contribution is 5.43. The second-order valence-electron chi connectivity index (χ2n) is 12.6. The highest BCUT2D eigenvalue weighted by Crippen LogP contribution is 2.30. The molecular weight excluding hydrogens is 632 g/mol. The van der Waals surface area contributed by atoms with Crippen molar-refractivity contribution < 1.29 is 36.5 Å². The fourth-order valence-electron chi connectivity index (χ4n) is 4.48. The summed E-state index contributed by atoms with van der Waals surface area (Å²) in [6, 6.07) is 18.4. The van der Waals surface area contributed by atoms with Crippen LogP contribution < -0.4 is 18.9 Å². The third kappa shape index (κ3) is 13.7. The molecule has 0 aliphatic rings. The number of hydrogen-bond acceptors (Lipinski definition) is 4. The molecule has 0 amide bonds. The van der Waals surface area contributed by atoms with Crippen LogP contribution in [0.2, 0.25) is 0 Å². The maximum absolute atomic E-state index is 13.2. The van der Waals surface area contributed by atoms with Crippen LogP contribution >= 0.6 is 0 Å². The Bertz CT molecular complexity index is 1560. The molecule has 0 atom stereocenters. The monoisotopic (exact) mass is 686 g/mol. The fraction of sp³-hybridized carbons (Fsp3) is 0.415. The second-order valence-corrected chi connectivity index (χ2v) is 12.6. The maximum Gasteiger partial charge on any atom is 0.160 e. The highest BCUT2D eigenvalue weighted by Gasteiger charge is 2.10. The topological polar surface area (TPSA) is 36.9 Å². The summed E-state index contributed by atoms with van der Waals surface area (Å²) in [7, 11) is 6.39. The molecule has 0 bridgehead atoms. The van der Waals surface area contributed by atoms with Gasteiger partial charge in [0.2, 0.25) is 0 Å². The van der Waals surface area contributed by atoms with E-state index in [-0.39, 0.29) is 29.0 Å². The fourth-order valence-corrected chi connectivity index (χ4v) is 4.48. The van der Waals surface area contributed by atoms with Crippen LogP contribution in [0.3, 0.4) is 0 Å². The molecule has 0 radical (unpaired) electrons. The molecule has 4 aromatic rings. The lowest BCUT2D eigenvalue weighted by Gasteiger charge is -2.11. The van der Waals surface area contributed by atoms with Gasteiger partial charge in [0.1, 0.15) is 34.8 Å². The average molecular weight is 687 g/mol. The summed E-state index contributed by atoms with van der Waals surface area (Å²) in [5, 5.41) is 0. The Labute approximate surface area is 291 Å². The first-order valence-electron chi connectivity index (χ1n) is 16.3. The first-order chi connectivity index (χ1) is 23.0. The molecule has 0 saturated heterocycles. The summed E-state index contributed by atoms with van der Waals surface area (Å²) in [6.45, 7) is 17.6. The largest absolute Gasteiger partial charge is 0.497 e. The smallest absolute Gasteiger partial charge is 0.160 e. The molecule has 4 rings (SSSR count). The Kier molecular flexibility index (Phi) is 18.4. The van der Waals surface area contributed by atoms with E-state index in [4.69, 9.17) is 18.9 Å². The molecule has 0 aromatic heterocycles. The lowest BCUT2D eigenvalue weighted by molar-refractivity contribution is 0.354. The van der Waals surface area contributed by atoms with Crippen LogP contribution in [-0.2, 0) is 0 Å². The zero-order valence-corrected chi connectivity index (χ0v) is 31.3. The van der Waals surface area contributed by atoms with E-state index in [1.165, 1.54) is 49.9 Å². The SMILES string of the molecule is COc1cc(F)ccc1C(C)C.COc1ccc(C(C)C)c(F)c1.COc1ccc(C(C)C)cc1OC.Cc1c(F)cc(C(C)C)cc1F. The van der Waals surface area contributed by atoms with E-state index >= 15 is 0 Å². The molecule has 0 N–H and O–H groups in total. The van der Waals surface area contributed by atoms with Gasteiger partial charge in [0.05, 0.1) is 28.4 Å². The summed E-state index contributed by atoms with van der Waals surface area (Å²) in [6.07, 6.45) is 0. The Morgan fingerprint density at radius 2 is 0.939 bits per heavy atom. The van der Waals surface area contributed by atoms with Crippen LogP contribution in [0.5, 0.6) is 23.0 Å². The van der Waals surface area contributed by atoms with Gasteiger partial charge < -0.3 is 18.9 Å². The van der Waals surface area contributed by atoms with Gasteiger partial charge in [0.15, 0.2) is 11.5 Å². The molecular formula is C41H54F4O4. The molecule has 4 nitrogen and oxygen atoms in total. The zero-order valence-electron chi connectivity index (χ0n) is 31.3. The second kappa shape index (κ2) is 21.0. The number of ether oxygens (including phenoxy) is 4. The van der Waals surface area contributed by atoms with E-state index in [2.05, 4.69) is 33.8 Å². The van der Waals surface area contributed by atoms with Gasteiger partial charge in [0, 0.05) is 17.7 Å². The summed E-state index contributed by atoms with van der Waals surface area (Å²) < 4.78 is 72.1. The van der Waals surface area contributed by atoms with Crippen LogP contribution in [0, 0.1) is 30.2 Å². The molecule has 270 valence electrons. The van der Waals surface area contributed by atoms with Crippen molar-refractivity contribution in [3.8, 4) is 23.0 Å². The van der Waals surface area contributed by atoms with Gasteiger partial charge in [-0.2, -0.15) is 0 Å². The molecule has 0 heterocycles. The van der Waals surface area contributed by atoms with Gasteiger partial charge >= 0.3 is 0 Å². The third-order valence-electron chi connectivity index (χ3n) is 7.69. The predicted molar refractivity (Wildman–Crippen MR) is 193 cm³/mol. The van der Waals surface area contributed by atoms with Crippen LogP contribution in [0.1, 0.15) is 107 Å². The molecule has 49 heavy (non-hydrogen) atoms. The molecule has 0 saturated carbocycles. The molecule has 0 fully saturated rings. The average Bonchev–Trinajstić information content (AvgIpc) is 3.06. The molecule has 8 heteroatoms. The predicted octanol–water partition coefficient (Wildman–Crippen LogP) is 12.1. The quantitative estimate of drug-likeness (QED) is 0.173. The summed E-state index contributed by atoms with van der Waals surface area (Å²) in [5.41, 5.74) is 3.84. The zero-order chi connectivity index (χ0) is 37.4. The maximum atomic E-state index is 13.2. The van der Waals surface area contributed by atoms with E-state index in [1.54, 1.807) is 39.5 Å². The molecule has 0 unspecified atom stereocenters. The van der Waals surface area contributed by atoms with Crippen molar-refractivity contribution in [2.75, 3.05) is 28.4 Å². The van der Waals surface area contributed by atoms with E-state index in [0.29, 0.717) is 28.9 Å². The Balaban J connectivity index is 0.000000327. The van der Waals surface area contributed by atoms with Crippen molar-refractivity contribution in [2.45, 2.75) is 86.0 Å². The van der Waals surface area contributed by atoms with Crippen molar-refractivity contribution in [2.24, 2.45) is 0 Å². The Morgan fingerprint density at radius 3 is 1.37 bits per heavy atom. The number of halogens is 4. The lowest BCUT2D eigenvalue weighted by Crippen LogP contribution is -1.94. The lowest BCUT2D eigenvalue weighted by atomic mass is 10.0. The highest BCUT2D eigenvalue weighted by atomic mass is 19.1. The van der Waals surface area contributed by atoms with Crippen molar-refractivity contribution in [1.82, 2.24) is 0 Å². The van der Waals surface area contributed by atoms with Crippen molar-refractivity contribution in [3.05, 3.63) is 118 Å². The van der Waals surface area contributed by atoms with E-state index in [0.717, 1.165) is 22.6 Å². The summed E-state index contributed by atoms with van der Waals surface area (Å²) in [5.74, 6) is 2.67. The van der Waals surface area contributed by atoms with Crippen molar-refractivity contribution in [1.29, 1.82) is 0 Å². The van der Waals surface area contributed by atoms with Crippen LogP contribution in [-0.4, -0.2) is 28.4 Å². The number of hydrogen-bond donors (Lipinski definition) is 0. The molecule has 0 aliphatic heterocycles. The Hall–Kier alpha value is -4.20. The van der Waals surface area contributed by atoms with Crippen LogP contribution in [0.25, 0.3) is 0 Å². The Morgan fingerprint density at radius 1 is 0.429 bits per heavy atom. The number of rotatable bonds is 8. The first-order valence-corrected chi connectivity index (χ1v) is 16.3. The summed E-state index contributed by atoms with van der Waals surface area (Å²) in [4.78, 5) is 0. The number of benzene rings is 4. The molecule has 0 aliphatic carbocycles.